The van der Waals surface area contributed by atoms with Crippen molar-refractivity contribution in [3.05, 3.63) is 34.9 Å². The maximum atomic E-state index is 12.6. The Morgan fingerprint density at radius 2 is 1.64 bits per heavy atom. The first-order valence-electron chi connectivity index (χ1n) is 9.35. The lowest BCUT2D eigenvalue weighted by Crippen LogP contribution is -2.44. The summed E-state index contributed by atoms with van der Waals surface area (Å²) in [6.07, 6.45) is 3.61. The number of ketones is 1. The molecule has 25 heavy (non-hydrogen) atoms. The van der Waals surface area contributed by atoms with E-state index in [1.165, 1.54) is 0 Å². The molecule has 5 heteroatoms. The van der Waals surface area contributed by atoms with Gasteiger partial charge in [0.2, 0.25) is 5.91 Å². The zero-order chi connectivity index (χ0) is 18.2. The molecule has 2 rings (SSSR count). The molecule has 0 spiro atoms. The molecule has 1 aliphatic heterocycles. The van der Waals surface area contributed by atoms with Crippen LogP contribution in [0.2, 0.25) is 5.02 Å². The van der Waals surface area contributed by atoms with Crippen LogP contribution >= 0.6 is 11.6 Å². The number of nitrogens with zero attached hydrogens (tertiary/aromatic N) is 2. The lowest BCUT2D eigenvalue weighted by molar-refractivity contribution is -0.132. The van der Waals surface area contributed by atoms with Gasteiger partial charge < -0.3 is 4.90 Å². The molecule has 0 radical (unpaired) electrons. The molecule has 1 saturated heterocycles. The highest BCUT2D eigenvalue weighted by molar-refractivity contribution is 6.30. The van der Waals surface area contributed by atoms with Crippen molar-refractivity contribution in [1.29, 1.82) is 0 Å². The number of carbonyl (C=O) groups excluding carboxylic acids is 2. The minimum Gasteiger partial charge on any atom is -0.342 e. The molecule has 0 aromatic heterocycles. The molecule has 138 valence electrons. The van der Waals surface area contributed by atoms with E-state index in [0.29, 0.717) is 11.6 Å². The Kier molecular flexibility index (Phi) is 7.91. The third-order valence-electron chi connectivity index (χ3n) is 4.79. The Morgan fingerprint density at radius 3 is 2.16 bits per heavy atom. The normalized spacial score (nSPS) is 16.0. The molecule has 0 atom stereocenters. The van der Waals surface area contributed by atoms with Crippen LogP contribution in [0.4, 0.5) is 0 Å². The largest absolute Gasteiger partial charge is 0.342 e. The minimum atomic E-state index is 0.0508. The predicted octanol–water partition coefficient (Wildman–Crippen LogP) is 3.88. The highest BCUT2D eigenvalue weighted by Gasteiger charge is 2.27. The lowest BCUT2D eigenvalue weighted by atomic mass is 9.89. The van der Waals surface area contributed by atoms with Crippen molar-refractivity contribution in [3.8, 4) is 0 Å². The van der Waals surface area contributed by atoms with Crippen molar-refractivity contribution in [2.75, 3.05) is 32.7 Å². The van der Waals surface area contributed by atoms with Gasteiger partial charge in [-0.05, 0) is 63.0 Å². The standard InChI is InChI=1S/C20H29ClN2O2/c1-3-11-23(12-4-2)19(24)15-22-13-9-17(10-14-22)20(25)16-5-7-18(21)8-6-16/h5-8,17H,3-4,9-15H2,1-2H3. The van der Waals surface area contributed by atoms with Gasteiger partial charge in [0.15, 0.2) is 5.78 Å². The first-order chi connectivity index (χ1) is 12.0. The summed E-state index contributed by atoms with van der Waals surface area (Å²) < 4.78 is 0. The molecule has 0 bridgehead atoms. The number of halogens is 1. The van der Waals surface area contributed by atoms with Gasteiger partial charge in [0.1, 0.15) is 0 Å². The highest BCUT2D eigenvalue weighted by atomic mass is 35.5. The molecule has 4 nitrogen and oxygen atoms in total. The number of carbonyl (C=O) groups is 2. The van der Waals surface area contributed by atoms with Gasteiger partial charge in [-0.2, -0.15) is 0 Å². The van der Waals surface area contributed by atoms with Gasteiger partial charge in [0.25, 0.3) is 0 Å². The maximum absolute atomic E-state index is 12.6. The van der Waals surface area contributed by atoms with Crippen LogP contribution in [0.3, 0.4) is 0 Å². The lowest BCUT2D eigenvalue weighted by Gasteiger charge is -2.32. The molecule has 1 fully saturated rings. The summed E-state index contributed by atoms with van der Waals surface area (Å²) in [6, 6.07) is 7.12. The predicted molar refractivity (Wildman–Crippen MR) is 102 cm³/mol. The fourth-order valence-electron chi connectivity index (χ4n) is 3.40. The number of hydrogen-bond acceptors (Lipinski definition) is 3. The number of rotatable bonds is 8. The van der Waals surface area contributed by atoms with Crippen LogP contribution in [0.1, 0.15) is 49.9 Å². The smallest absolute Gasteiger partial charge is 0.236 e. The fourth-order valence-corrected chi connectivity index (χ4v) is 3.52. The first kappa shape index (κ1) is 19.9. The van der Waals surface area contributed by atoms with Crippen molar-refractivity contribution in [1.82, 2.24) is 9.80 Å². The van der Waals surface area contributed by atoms with E-state index in [1.54, 1.807) is 24.3 Å². The summed E-state index contributed by atoms with van der Waals surface area (Å²) in [7, 11) is 0. The Labute approximate surface area is 156 Å². The van der Waals surface area contributed by atoms with Crippen molar-refractivity contribution in [3.63, 3.8) is 0 Å². The van der Waals surface area contributed by atoms with E-state index in [4.69, 9.17) is 11.6 Å². The van der Waals surface area contributed by atoms with Crippen LogP contribution in [0.15, 0.2) is 24.3 Å². The second kappa shape index (κ2) is 9.93. The Morgan fingerprint density at radius 1 is 1.08 bits per heavy atom. The highest BCUT2D eigenvalue weighted by Crippen LogP contribution is 2.22. The number of hydrogen-bond donors (Lipinski definition) is 0. The van der Waals surface area contributed by atoms with Crippen molar-refractivity contribution in [2.45, 2.75) is 39.5 Å². The summed E-state index contributed by atoms with van der Waals surface area (Å²) in [5.74, 6) is 0.460. The van der Waals surface area contributed by atoms with Crippen molar-refractivity contribution >= 4 is 23.3 Å². The van der Waals surface area contributed by atoms with Gasteiger partial charge in [-0.15, -0.1) is 0 Å². The van der Waals surface area contributed by atoms with Gasteiger partial charge >= 0.3 is 0 Å². The van der Waals surface area contributed by atoms with Gasteiger partial charge in [-0.1, -0.05) is 25.4 Å². The second-order valence-electron chi connectivity index (χ2n) is 6.80. The number of piperidine rings is 1. The van der Waals surface area contributed by atoms with E-state index in [2.05, 4.69) is 18.7 Å². The maximum Gasteiger partial charge on any atom is 0.236 e. The van der Waals surface area contributed by atoms with E-state index in [0.717, 1.165) is 57.4 Å². The molecule has 0 aliphatic carbocycles. The van der Waals surface area contributed by atoms with Gasteiger partial charge in [-0.3, -0.25) is 14.5 Å². The number of amides is 1. The van der Waals surface area contributed by atoms with Crippen LogP contribution in [-0.2, 0) is 4.79 Å². The quantitative estimate of drug-likeness (QED) is 0.657. The summed E-state index contributed by atoms with van der Waals surface area (Å²) in [5, 5.41) is 0.647. The summed E-state index contributed by atoms with van der Waals surface area (Å²) in [6.45, 7) is 7.95. The van der Waals surface area contributed by atoms with Crippen molar-refractivity contribution in [2.24, 2.45) is 5.92 Å². The van der Waals surface area contributed by atoms with Crippen molar-refractivity contribution < 1.29 is 9.59 Å². The Balaban J connectivity index is 1.83. The molecule has 0 unspecified atom stereocenters. The van der Waals surface area contributed by atoms with E-state index >= 15 is 0 Å². The number of benzene rings is 1. The number of Topliss-reactive ketones (excluding diaryl/α,β-unsaturated/α-hetero) is 1. The Hall–Kier alpha value is -1.39. The summed E-state index contributed by atoms with van der Waals surface area (Å²) >= 11 is 5.89. The SMILES string of the molecule is CCCN(CCC)C(=O)CN1CCC(C(=O)c2ccc(Cl)cc2)CC1. The monoisotopic (exact) mass is 364 g/mol. The van der Waals surface area contributed by atoms with Gasteiger partial charge in [-0.25, -0.2) is 0 Å². The third kappa shape index (κ3) is 5.82. The van der Waals surface area contributed by atoms with E-state index in [9.17, 15) is 9.59 Å². The molecule has 1 amide bonds. The number of likely N-dealkylation sites (tertiary alicyclic amines) is 1. The second-order valence-corrected chi connectivity index (χ2v) is 7.24. The van der Waals surface area contributed by atoms with Crippen LogP contribution in [-0.4, -0.2) is 54.2 Å². The topological polar surface area (TPSA) is 40.6 Å². The zero-order valence-corrected chi connectivity index (χ0v) is 16.1. The fraction of sp³-hybridized carbons (Fsp3) is 0.600. The molecule has 1 aromatic rings. The van der Waals surface area contributed by atoms with Gasteiger partial charge in [0.05, 0.1) is 6.54 Å². The molecule has 0 N–H and O–H groups in total. The van der Waals surface area contributed by atoms with E-state index < -0.39 is 0 Å². The van der Waals surface area contributed by atoms with Crippen LogP contribution in [0.25, 0.3) is 0 Å². The molecular weight excluding hydrogens is 336 g/mol. The first-order valence-corrected chi connectivity index (χ1v) is 9.72. The minimum absolute atomic E-state index is 0.0508. The van der Waals surface area contributed by atoms with Crippen LogP contribution in [0.5, 0.6) is 0 Å². The zero-order valence-electron chi connectivity index (χ0n) is 15.3. The molecular formula is C20H29ClN2O2. The summed E-state index contributed by atoms with van der Waals surface area (Å²) in [5.41, 5.74) is 0.732. The average Bonchev–Trinajstić information content (AvgIpc) is 2.62. The molecule has 1 aromatic carbocycles. The molecule has 1 aliphatic rings. The third-order valence-corrected chi connectivity index (χ3v) is 5.04. The van der Waals surface area contributed by atoms with Crippen LogP contribution < -0.4 is 0 Å². The Bertz CT molecular complexity index is 560. The molecule has 1 heterocycles. The van der Waals surface area contributed by atoms with E-state index in [1.807, 2.05) is 4.90 Å². The average molecular weight is 365 g/mol. The molecule has 0 saturated carbocycles. The van der Waals surface area contributed by atoms with Crippen LogP contribution in [0, 0.1) is 5.92 Å². The van der Waals surface area contributed by atoms with E-state index in [-0.39, 0.29) is 17.6 Å². The van der Waals surface area contributed by atoms with Gasteiger partial charge in [0, 0.05) is 29.6 Å². The summed E-state index contributed by atoms with van der Waals surface area (Å²) in [4.78, 5) is 29.2.